The monoisotopic (exact) mass is 394 g/mol. The highest BCUT2D eigenvalue weighted by Gasteiger charge is 2.45. The third kappa shape index (κ3) is 3.57. The van der Waals surface area contributed by atoms with Gasteiger partial charge in [0.05, 0.1) is 5.56 Å². The van der Waals surface area contributed by atoms with Crippen LogP contribution in [0, 0.1) is 5.41 Å². The predicted octanol–water partition coefficient (Wildman–Crippen LogP) is 3.10. The molecule has 2 aromatic heterocycles. The first-order valence-corrected chi connectivity index (χ1v) is 9.33. The van der Waals surface area contributed by atoms with Gasteiger partial charge in [-0.3, -0.25) is 9.59 Å². The van der Waals surface area contributed by atoms with E-state index in [1.807, 2.05) is 0 Å². The molecule has 1 saturated carbocycles. The van der Waals surface area contributed by atoms with Crippen LogP contribution in [0.4, 0.5) is 13.2 Å². The minimum Gasteiger partial charge on any atom is -0.341 e. The summed E-state index contributed by atoms with van der Waals surface area (Å²) in [6.45, 7) is 3.02. The Balaban J connectivity index is 1.41. The third-order valence-corrected chi connectivity index (χ3v) is 5.85. The number of amides is 2. The maximum atomic E-state index is 12.8. The summed E-state index contributed by atoms with van der Waals surface area (Å²) in [6, 6.07) is 1.53. The fourth-order valence-corrected chi connectivity index (χ4v) is 3.78. The van der Waals surface area contributed by atoms with Gasteiger partial charge in [-0.1, -0.05) is 0 Å². The molecule has 1 atom stereocenters. The van der Waals surface area contributed by atoms with Crippen LogP contribution in [0.5, 0.6) is 0 Å². The topological polar surface area (TPSA) is 78.1 Å². The van der Waals surface area contributed by atoms with Crippen LogP contribution in [0.3, 0.4) is 0 Å². The highest BCUT2D eigenvalue weighted by molar-refractivity contribution is 5.99. The number of likely N-dealkylation sites (tertiary alicyclic amines) is 1. The van der Waals surface area contributed by atoms with E-state index in [1.165, 1.54) is 18.9 Å². The molecule has 0 radical (unpaired) electrons. The number of carbonyl (C=O) groups is 2. The molecule has 1 aliphatic carbocycles. The van der Waals surface area contributed by atoms with Crippen molar-refractivity contribution in [3.8, 4) is 0 Å². The summed E-state index contributed by atoms with van der Waals surface area (Å²) < 4.78 is 38.4. The maximum absolute atomic E-state index is 12.8. The van der Waals surface area contributed by atoms with Crippen LogP contribution < -0.4 is 5.32 Å². The van der Waals surface area contributed by atoms with Gasteiger partial charge in [-0.2, -0.15) is 13.2 Å². The van der Waals surface area contributed by atoms with Gasteiger partial charge in [0, 0.05) is 24.7 Å². The second kappa shape index (κ2) is 6.49. The smallest absolute Gasteiger partial charge is 0.341 e. The minimum atomic E-state index is -4.50. The quantitative estimate of drug-likeness (QED) is 0.840. The van der Waals surface area contributed by atoms with Crippen LogP contribution in [0.2, 0.25) is 0 Å². The predicted molar refractivity (Wildman–Crippen MR) is 95.5 cm³/mol. The zero-order valence-corrected chi connectivity index (χ0v) is 15.4. The highest BCUT2D eigenvalue weighted by Crippen LogP contribution is 2.53. The van der Waals surface area contributed by atoms with Crippen LogP contribution in [-0.4, -0.2) is 45.8 Å². The number of hydrogen-bond acceptors (Lipinski definition) is 3. The average molecular weight is 394 g/mol. The number of aromatic amines is 1. The van der Waals surface area contributed by atoms with Crippen molar-refractivity contribution in [3.63, 3.8) is 0 Å². The van der Waals surface area contributed by atoms with E-state index in [0.29, 0.717) is 18.5 Å². The van der Waals surface area contributed by atoms with Crippen molar-refractivity contribution in [2.24, 2.45) is 5.41 Å². The van der Waals surface area contributed by atoms with E-state index in [2.05, 4.69) is 15.3 Å². The van der Waals surface area contributed by atoms with Gasteiger partial charge in [0.1, 0.15) is 17.4 Å². The van der Waals surface area contributed by atoms with Crippen molar-refractivity contribution >= 4 is 22.8 Å². The van der Waals surface area contributed by atoms with Gasteiger partial charge in [0.15, 0.2) is 0 Å². The van der Waals surface area contributed by atoms with Gasteiger partial charge in [0.25, 0.3) is 5.91 Å². The van der Waals surface area contributed by atoms with E-state index in [-0.39, 0.29) is 22.6 Å². The number of halogens is 3. The lowest BCUT2D eigenvalue weighted by atomic mass is 9.93. The number of piperidine rings is 1. The van der Waals surface area contributed by atoms with Crippen molar-refractivity contribution in [1.29, 1.82) is 0 Å². The number of pyridine rings is 1. The van der Waals surface area contributed by atoms with Crippen molar-refractivity contribution < 1.29 is 22.8 Å². The van der Waals surface area contributed by atoms with Crippen molar-refractivity contribution in [2.75, 3.05) is 13.1 Å². The average Bonchev–Trinajstić information content (AvgIpc) is 3.25. The van der Waals surface area contributed by atoms with Crippen LogP contribution in [-0.2, 0) is 11.0 Å². The first-order valence-electron chi connectivity index (χ1n) is 9.33. The summed E-state index contributed by atoms with van der Waals surface area (Å²) in [5, 5.41) is 2.81. The molecule has 1 saturated heterocycles. The van der Waals surface area contributed by atoms with Gasteiger partial charge in [-0.15, -0.1) is 0 Å². The van der Waals surface area contributed by atoms with E-state index < -0.39 is 23.7 Å². The van der Waals surface area contributed by atoms with Crippen LogP contribution in [0.15, 0.2) is 18.3 Å². The molecule has 0 unspecified atom stereocenters. The summed E-state index contributed by atoms with van der Waals surface area (Å²) in [6.07, 6.45) is 0.714. The molecule has 0 bridgehead atoms. The normalized spacial score (nSPS) is 19.6. The van der Waals surface area contributed by atoms with Gasteiger partial charge < -0.3 is 15.2 Å². The second-order valence-corrected chi connectivity index (χ2v) is 7.86. The maximum Gasteiger partial charge on any atom is 0.417 e. The number of carbonyl (C=O) groups excluding carboxylic acids is 2. The molecule has 1 aliphatic heterocycles. The van der Waals surface area contributed by atoms with E-state index in [4.69, 9.17) is 0 Å². The molecule has 2 aromatic rings. The number of nitrogens with one attached hydrogen (secondary N) is 2. The Labute approximate surface area is 159 Å². The summed E-state index contributed by atoms with van der Waals surface area (Å²) in [5.41, 5.74) is -0.177. The van der Waals surface area contributed by atoms with Crippen molar-refractivity contribution in [1.82, 2.24) is 20.2 Å². The molecular formula is C19H21F3N4O2. The molecule has 2 fully saturated rings. The fourth-order valence-electron chi connectivity index (χ4n) is 3.78. The first-order chi connectivity index (χ1) is 13.2. The lowest BCUT2D eigenvalue weighted by Gasteiger charge is -2.33. The number of aromatic nitrogens is 2. The van der Waals surface area contributed by atoms with Gasteiger partial charge in [0.2, 0.25) is 5.91 Å². The molecule has 9 heteroatoms. The third-order valence-electron chi connectivity index (χ3n) is 5.85. The van der Waals surface area contributed by atoms with Crippen LogP contribution in [0.25, 0.3) is 11.0 Å². The Kier molecular flexibility index (Phi) is 4.35. The van der Waals surface area contributed by atoms with Crippen LogP contribution >= 0.6 is 0 Å². The molecule has 2 N–H and O–H groups in total. The molecule has 2 amide bonds. The van der Waals surface area contributed by atoms with Crippen molar-refractivity contribution in [3.05, 3.63) is 29.6 Å². The van der Waals surface area contributed by atoms with E-state index >= 15 is 0 Å². The molecule has 3 heterocycles. The Morgan fingerprint density at radius 2 is 1.89 bits per heavy atom. The Hall–Kier alpha value is -2.58. The van der Waals surface area contributed by atoms with E-state index in [0.717, 1.165) is 25.1 Å². The molecule has 150 valence electrons. The number of nitrogens with zero attached hydrogens (tertiary/aromatic N) is 2. The lowest BCUT2D eigenvalue weighted by molar-refractivity contribution is -0.137. The Morgan fingerprint density at radius 3 is 2.50 bits per heavy atom. The minimum absolute atomic E-state index is 0.0667. The van der Waals surface area contributed by atoms with Crippen molar-refractivity contribution in [2.45, 2.75) is 44.8 Å². The Bertz CT molecular complexity index is 923. The van der Waals surface area contributed by atoms with Gasteiger partial charge in [-0.05, 0) is 50.2 Å². The zero-order valence-electron chi connectivity index (χ0n) is 15.4. The second-order valence-electron chi connectivity index (χ2n) is 7.86. The molecule has 0 aromatic carbocycles. The number of fused-ring (bicyclic) bond motifs is 1. The molecule has 4 rings (SSSR count). The number of rotatable bonds is 3. The Morgan fingerprint density at radius 1 is 1.21 bits per heavy atom. The van der Waals surface area contributed by atoms with E-state index in [1.54, 1.807) is 11.8 Å². The SMILES string of the molecule is C[C@@H](NC(=O)c1cc2cc(C(F)(F)F)cnc2[nH]1)C(=O)N1CCC2(CC1)CC2. The molecular weight excluding hydrogens is 373 g/mol. The number of hydrogen-bond donors (Lipinski definition) is 2. The largest absolute Gasteiger partial charge is 0.417 e. The summed E-state index contributed by atoms with van der Waals surface area (Å²) in [7, 11) is 0. The highest BCUT2D eigenvalue weighted by atomic mass is 19.4. The molecule has 1 spiro atoms. The number of alkyl halides is 3. The zero-order chi connectivity index (χ0) is 20.1. The molecule has 28 heavy (non-hydrogen) atoms. The fraction of sp³-hybridized carbons (Fsp3) is 0.526. The summed E-state index contributed by atoms with van der Waals surface area (Å²) >= 11 is 0. The molecule has 6 nitrogen and oxygen atoms in total. The lowest BCUT2D eigenvalue weighted by Crippen LogP contribution is -2.49. The summed E-state index contributed by atoms with van der Waals surface area (Å²) in [4.78, 5) is 33.2. The first kappa shape index (κ1) is 18.8. The van der Waals surface area contributed by atoms with E-state index in [9.17, 15) is 22.8 Å². The standard InChI is InChI=1S/C19H21F3N4O2/c1-11(17(28)26-6-4-18(2-3-18)5-7-26)24-16(27)14-9-12-8-13(19(20,21)22)10-23-15(12)25-14/h8-11H,2-7H2,1H3,(H,23,25)(H,24,27)/t11-/m1/s1. The van der Waals surface area contributed by atoms with Gasteiger partial charge >= 0.3 is 6.18 Å². The van der Waals surface area contributed by atoms with Gasteiger partial charge in [-0.25, -0.2) is 4.98 Å². The van der Waals surface area contributed by atoms with Crippen LogP contribution in [0.1, 0.15) is 48.7 Å². The molecule has 2 aliphatic rings. The summed E-state index contributed by atoms with van der Waals surface area (Å²) in [5.74, 6) is -0.694. The number of H-pyrrole nitrogens is 1.